The summed E-state index contributed by atoms with van der Waals surface area (Å²) < 4.78 is 26.8. The molecule has 1 amide bonds. The molecule has 21 heavy (non-hydrogen) atoms. The van der Waals surface area contributed by atoms with Gasteiger partial charge in [0, 0.05) is 36.7 Å². The van der Waals surface area contributed by atoms with E-state index in [1.807, 2.05) is 11.8 Å². The van der Waals surface area contributed by atoms with Gasteiger partial charge in [-0.3, -0.25) is 4.79 Å². The Bertz CT molecular complexity index is 599. The number of amides is 1. The van der Waals surface area contributed by atoms with E-state index in [1.165, 1.54) is 6.92 Å². The third kappa shape index (κ3) is 4.21. The predicted molar refractivity (Wildman–Crippen MR) is 86.0 cm³/mol. The summed E-state index contributed by atoms with van der Waals surface area (Å²) in [5, 5.41) is 3.12. The maximum absolute atomic E-state index is 12.6. The Labute approximate surface area is 130 Å². The summed E-state index contributed by atoms with van der Waals surface area (Å²) in [7, 11) is -3.45. The fourth-order valence-corrected chi connectivity index (χ4v) is 4.75. The molecule has 1 fully saturated rings. The van der Waals surface area contributed by atoms with E-state index in [9.17, 15) is 13.2 Å². The lowest BCUT2D eigenvalue weighted by Gasteiger charge is -2.20. The predicted octanol–water partition coefficient (Wildman–Crippen LogP) is 2.16. The van der Waals surface area contributed by atoms with Crippen molar-refractivity contribution >= 4 is 33.4 Å². The van der Waals surface area contributed by atoms with Crippen molar-refractivity contribution in [2.75, 3.05) is 24.2 Å². The Hall–Kier alpha value is -1.05. The third-order valence-electron chi connectivity index (χ3n) is 3.34. The van der Waals surface area contributed by atoms with Crippen LogP contribution in [0.25, 0.3) is 0 Å². The van der Waals surface area contributed by atoms with Gasteiger partial charge >= 0.3 is 0 Å². The second-order valence-corrected chi connectivity index (χ2v) is 8.56. The second kappa shape index (κ2) is 6.81. The summed E-state index contributed by atoms with van der Waals surface area (Å²) >= 11 is 1.81. The van der Waals surface area contributed by atoms with E-state index in [1.54, 1.807) is 28.6 Å². The highest BCUT2D eigenvalue weighted by Gasteiger charge is 2.26. The first-order valence-electron chi connectivity index (χ1n) is 6.89. The average Bonchev–Trinajstić information content (AvgIpc) is 2.64. The van der Waals surface area contributed by atoms with Gasteiger partial charge in [0.15, 0.2) is 0 Å². The Morgan fingerprint density at radius 2 is 1.95 bits per heavy atom. The van der Waals surface area contributed by atoms with Gasteiger partial charge in [-0.05, 0) is 30.7 Å². The number of rotatable bonds is 3. The molecule has 0 aliphatic carbocycles. The molecule has 1 aliphatic rings. The number of benzene rings is 1. The fraction of sp³-hybridized carbons (Fsp3) is 0.500. The Balaban J connectivity index is 2.16. The zero-order chi connectivity index (χ0) is 15.5. The van der Waals surface area contributed by atoms with E-state index < -0.39 is 10.0 Å². The van der Waals surface area contributed by atoms with E-state index in [-0.39, 0.29) is 10.8 Å². The van der Waals surface area contributed by atoms with Crippen LogP contribution < -0.4 is 5.32 Å². The van der Waals surface area contributed by atoms with Crippen molar-refractivity contribution < 1.29 is 13.2 Å². The van der Waals surface area contributed by atoms with E-state index in [4.69, 9.17) is 0 Å². The average molecular weight is 328 g/mol. The molecule has 0 radical (unpaired) electrons. The molecule has 1 N–H and O–H groups in total. The molecule has 0 bridgehead atoms. The number of carbonyl (C=O) groups is 1. The number of nitrogens with zero attached hydrogens (tertiary/aromatic N) is 1. The van der Waals surface area contributed by atoms with Gasteiger partial charge in [0.25, 0.3) is 0 Å². The molecule has 7 heteroatoms. The lowest BCUT2D eigenvalue weighted by molar-refractivity contribution is -0.114. The zero-order valence-corrected chi connectivity index (χ0v) is 13.8. The molecule has 2 rings (SSSR count). The number of thioether (sulfide) groups is 1. The molecule has 1 aromatic rings. The number of anilines is 1. The van der Waals surface area contributed by atoms with Crippen LogP contribution in [0.4, 0.5) is 5.69 Å². The highest BCUT2D eigenvalue weighted by Crippen LogP contribution is 2.24. The van der Waals surface area contributed by atoms with Crippen LogP contribution in [-0.2, 0) is 14.8 Å². The first kappa shape index (κ1) is 16.3. The van der Waals surface area contributed by atoms with Crippen LogP contribution in [0, 0.1) is 0 Å². The molecular weight excluding hydrogens is 308 g/mol. The molecule has 1 saturated heterocycles. The largest absolute Gasteiger partial charge is 0.326 e. The van der Waals surface area contributed by atoms with Gasteiger partial charge in [-0.25, -0.2) is 8.42 Å². The second-order valence-electron chi connectivity index (χ2n) is 5.08. The molecule has 5 nitrogen and oxygen atoms in total. The van der Waals surface area contributed by atoms with Crippen molar-refractivity contribution in [2.24, 2.45) is 0 Å². The summed E-state index contributed by atoms with van der Waals surface area (Å²) in [4.78, 5) is 11.2. The standard InChI is InChI=1S/C14H20N2O3S2/c1-11-7-8-16(9-10-20-11)21(18,19)14-5-3-13(4-6-14)15-12(2)17/h3-6,11H,7-10H2,1-2H3,(H,15,17)/t11-/m0/s1. The van der Waals surface area contributed by atoms with Crippen molar-refractivity contribution in [1.82, 2.24) is 4.31 Å². The van der Waals surface area contributed by atoms with Gasteiger partial charge in [-0.2, -0.15) is 16.1 Å². The van der Waals surface area contributed by atoms with Crippen LogP contribution >= 0.6 is 11.8 Å². The fourth-order valence-electron chi connectivity index (χ4n) is 2.18. The Kier molecular flexibility index (Phi) is 5.29. The van der Waals surface area contributed by atoms with Crippen LogP contribution in [0.5, 0.6) is 0 Å². The minimum atomic E-state index is -3.45. The van der Waals surface area contributed by atoms with Gasteiger partial charge in [0.2, 0.25) is 15.9 Å². The van der Waals surface area contributed by atoms with E-state index in [0.29, 0.717) is 24.0 Å². The van der Waals surface area contributed by atoms with Gasteiger partial charge in [0.1, 0.15) is 0 Å². The summed E-state index contributed by atoms with van der Waals surface area (Å²) in [6.45, 7) is 4.65. The number of nitrogens with one attached hydrogen (secondary N) is 1. The van der Waals surface area contributed by atoms with Gasteiger partial charge in [-0.1, -0.05) is 6.92 Å². The normalized spacial score (nSPS) is 20.8. The molecular formula is C14H20N2O3S2. The molecule has 116 valence electrons. The van der Waals surface area contributed by atoms with Crippen LogP contribution in [0.2, 0.25) is 0 Å². The Morgan fingerprint density at radius 3 is 2.57 bits per heavy atom. The summed E-state index contributed by atoms with van der Waals surface area (Å²) in [5.74, 6) is 0.647. The lowest BCUT2D eigenvalue weighted by atomic mass is 10.3. The monoisotopic (exact) mass is 328 g/mol. The molecule has 0 unspecified atom stereocenters. The highest BCUT2D eigenvalue weighted by molar-refractivity contribution is 8.00. The van der Waals surface area contributed by atoms with Crippen molar-refractivity contribution in [3.8, 4) is 0 Å². The van der Waals surface area contributed by atoms with Crippen molar-refractivity contribution in [1.29, 1.82) is 0 Å². The van der Waals surface area contributed by atoms with Crippen LogP contribution in [-0.4, -0.2) is 42.7 Å². The molecule has 1 aromatic carbocycles. The summed E-state index contributed by atoms with van der Waals surface area (Å²) in [6, 6.07) is 6.32. The van der Waals surface area contributed by atoms with Crippen LogP contribution in [0.15, 0.2) is 29.2 Å². The molecule has 0 aromatic heterocycles. The highest BCUT2D eigenvalue weighted by atomic mass is 32.2. The van der Waals surface area contributed by atoms with E-state index in [0.717, 1.165) is 12.2 Å². The third-order valence-corrected chi connectivity index (χ3v) is 6.48. The topological polar surface area (TPSA) is 66.5 Å². The number of sulfonamides is 1. The minimum absolute atomic E-state index is 0.177. The van der Waals surface area contributed by atoms with Gasteiger partial charge in [0.05, 0.1) is 4.90 Å². The first-order chi connectivity index (χ1) is 9.89. The van der Waals surface area contributed by atoms with Crippen molar-refractivity contribution in [3.05, 3.63) is 24.3 Å². The molecule has 1 heterocycles. The van der Waals surface area contributed by atoms with E-state index >= 15 is 0 Å². The van der Waals surface area contributed by atoms with Crippen molar-refractivity contribution in [2.45, 2.75) is 30.4 Å². The minimum Gasteiger partial charge on any atom is -0.326 e. The molecule has 1 atom stereocenters. The van der Waals surface area contributed by atoms with Gasteiger partial charge in [-0.15, -0.1) is 0 Å². The van der Waals surface area contributed by atoms with E-state index in [2.05, 4.69) is 12.2 Å². The number of carbonyl (C=O) groups excluding carboxylic acids is 1. The SMILES string of the molecule is CC(=O)Nc1ccc(S(=O)(=O)N2CCS[C@@H](C)CC2)cc1. The van der Waals surface area contributed by atoms with Crippen LogP contribution in [0.3, 0.4) is 0 Å². The van der Waals surface area contributed by atoms with Crippen molar-refractivity contribution in [3.63, 3.8) is 0 Å². The number of hydrogen-bond acceptors (Lipinski definition) is 4. The summed E-state index contributed by atoms with van der Waals surface area (Å²) in [6.07, 6.45) is 0.869. The quantitative estimate of drug-likeness (QED) is 0.923. The molecule has 0 saturated carbocycles. The molecule has 1 aliphatic heterocycles. The lowest BCUT2D eigenvalue weighted by Crippen LogP contribution is -2.33. The smallest absolute Gasteiger partial charge is 0.243 e. The Morgan fingerprint density at radius 1 is 1.29 bits per heavy atom. The molecule has 0 spiro atoms. The zero-order valence-electron chi connectivity index (χ0n) is 12.2. The number of hydrogen-bond donors (Lipinski definition) is 1. The maximum Gasteiger partial charge on any atom is 0.243 e. The van der Waals surface area contributed by atoms with Gasteiger partial charge < -0.3 is 5.32 Å². The maximum atomic E-state index is 12.6. The van der Waals surface area contributed by atoms with Crippen LogP contribution in [0.1, 0.15) is 20.3 Å². The first-order valence-corrected chi connectivity index (χ1v) is 9.38. The summed E-state index contributed by atoms with van der Waals surface area (Å²) in [5.41, 5.74) is 0.599.